The van der Waals surface area contributed by atoms with Gasteiger partial charge in [-0.05, 0) is 31.5 Å². The molecule has 0 aliphatic rings. The summed E-state index contributed by atoms with van der Waals surface area (Å²) in [7, 11) is 3.38. The number of aryl methyl sites for hydroxylation is 1. The molecule has 0 unspecified atom stereocenters. The second-order valence-corrected chi connectivity index (χ2v) is 5.34. The van der Waals surface area contributed by atoms with Crippen LogP contribution in [0.1, 0.15) is 18.1 Å². The van der Waals surface area contributed by atoms with Crippen LogP contribution in [0.2, 0.25) is 0 Å². The summed E-state index contributed by atoms with van der Waals surface area (Å²) < 4.78 is 10.9. The minimum Gasteiger partial charge on any atom is -0.493 e. The summed E-state index contributed by atoms with van der Waals surface area (Å²) in [6, 6.07) is 14.1. The van der Waals surface area contributed by atoms with Gasteiger partial charge in [0, 0.05) is 25.3 Å². The Bertz CT molecular complexity index is 705. The molecule has 0 radical (unpaired) electrons. The summed E-state index contributed by atoms with van der Waals surface area (Å²) in [5, 5.41) is 6.57. The fourth-order valence-corrected chi connectivity index (χ4v) is 2.34. The smallest absolute Gasteiger partial charge is 0.195 e. The second-order valence-electron chi connectivity index (χ2n) is 5.34. The maximum absolute atomic E-state index is 5.53. The molecule has 136 valence electrons. The number of hydrogen-bond donors (Lipinski definition) is 2. The number of hydrogen-bond acceptors (Lipinski definition) is 3. The van der Waals surface area contributed by atoms with E-state index in [4.69, 9.17) is 9.47 Å². The van der Waals surface area contributed by atoms with Crippen LogP contribution in [0.4, 0.5) is 5.69 Å². The van der Waals surface area contributed by atoms with Crippen LogP contribution in [0.15, 0.2) is 47.5 Å². The van der Waals surface area contributed by atoms with Crippen molar-refractivity contribution < 1.29 is 9.47 Å². The largest absolute Gasteiger partial charge is 0.493 e. The quantitative estimate of drug-likeness (QED) is 0.390. The minimum atomic E-state index is 0. The van der Waals surface area contributed by atoms with Crippen LogP contribution in [0, 0.1) is 6.92 Å². The molecule has 25 heavy (non-hydrogen) atoms. The van der Waals surface area contributed by atoms with Crippen molar-refractivity contribution in [2.24, 2.45) is 4.99 Å². The highest BCUT2D eigenvalue weighted by atomic mass is 127. The summed E-state index contributed by atoms with van der Waals surface area (Å²) in [5.74, 6) is 2.12. The van der Waals surface area contributed by atoms with Crippen LogP contribution in [0.5, 0.6) is 11.5 Å². The Balaban J connectivity index is 0.00000312. The Morgan fingerprint density at radius 1 is 1.12 bits per heavy atom. The predicted molar refractivity (Wildman–Crippen MR) is 115 cm³/mol. The molecule has 0 aliphatic heterocycles. The predicted octanol–water partition coefficient (Wildman–Crippen LogP) is 4.21. The molecule has 5 nitrogen and oxygen atoms in total. The standard InChI is InChI=1S/C19H25N3O2.HI/c1-5-24-17-10-9-16(12-18(17)23-4)22-19(20-3)21-13-15-8-6-7-14(2)11-15;/h6-12H,5,13H2,1-4H3,(H2,20,21,22);1H. The van der Waals surface area contributed by atoms with Crippen LogP contribution in [-0.4, -0.2) is 26.7 Å². The third kappa shape index (κ3) is 6.45. The lowest BCUT2D eigenvalue weighted by Gasteiger charge is -2.14. The lowest BCUT2D eigenvalue weighted by Crippen LogP contribution is -2.30. The minimum absolute atomic E-state index is 0. The van der Waals surface area contributed by atoms with E-state index < -0.39 is 0 Å². The van der Waals surface area contributed by atoms with Gasteiger partial charge >= 0.3 is 0 Å². The lowest BCUT2D eigenvalue weighted by molar-refractivity contribution is 0.311. The highest BCUT2D eigenvalue weighted by molar-refractivity contribution is 14.0. The number of anilines is 1. The number of guanidine groups is 1. The Hall–Kier alpha value is -1.96. The molecule has 0 spiro atoms. The van der Waals surface area contributed by atoms with Crippen LogP contribution < -0.4 is 20.1 Å². The monoisotopic (exact) mass is 455 g/mol. The Morgan fingerprint density at radius 2 is 1.92 bits per heavy atom. The van der Waals surface area contributed by atoms with Crippen LogP contribution in [0.25, 0.3) is 0 Å². The van der Waals surface area contributed by atoms with Crippen LogP contribution in [0.3, 0.4) is 0 Å². The summed E-state index contributed by atoms with van der Waals surface area (Å²) in [6.07, 6.45) is 0. The second kappa shape index (κ2) is 10.8. The first kappa shape index (κ1) is 21.1. The summed E-state index contributed by atoms with van der Waals surface area (Å²) in [6.45, 7) is 5.34. The zero-order valence-corrected chi connectivity index (χ0v) is 17.5. The molecule has 0 bridgehead atoms. The van der Waals surface area contributed by atoms with Gasteiger partial charge in [0.2, 0.25) is 0 Å². The normalized spacial score (nSPS) is 10.6. The van der Waals surface area contributed by atoms with Gasteiger partial charge in [-0.3, -0.25) is 4.99 Å². The molecular weight excluding hydrogens is 429 g/mol. The van der Waals surface area contributed by atoms with E-state index in [1.807, 2.05) is 25.1 Å². The maximum Gasteiger partial charge on any atom is 0.195 e. The first-order chi connectivity index (χ1) is 11.7. The summed E-state index contributed by atoms with van der Waals surface area (Å²) >= 11 is 0. The first-order valence-corrected chi connectivity index (χ1v) is 8.00. The van der Waals surface area contributed by atoms with Gasteiger partial charge in [-0.25, -0.2) is 0 Å². The third-order valence-corrected chi connectivity index (χ3v) is 3.49. The third-order valence-electron chi connectivity index (χ3n) is 3.49. The number of halogens is 1. The average Bonchev–Trinajstić information content (AvgIpc) is 2.60. The summed E-state index contributed by atoms with van der Waals surface area (Å²) in [4.78, 5) is 4.26. The Labute approximate surface area is 166 Å². The molecule has 2 N–H and O–H groups in total. The molecule has 0 fully saturated rings. The molecule has 0 saturated carbocycles. The van der Waals surface area contributed by atoms with Crippen molar-refractivity contribution in [1.82, 2.24) is 5.32 Å². The summed E-state index contributed by atoms with van der Waals surface area (Å²) in [5.41, 5.74) is 3.34. The fraction of sp³-hybridized carbons (Fsp3) is 0.316. The average molecular weight is 455 g/mol. The molecule has 0 atom stereocenters. The highest BCUT2D eigenvalue weighted by Crippen LogP contribution is 2.30. The number of ether oxygens (including phenoxy) is 2. The zero-order chi connectivity index (χ0) is 17.4. The van der Waals surface area contributed by atoms with E-state index in [0.717, 1.165) is 11.4 Å². The van der Waals surface area contributed by atoms with Crippen LogP contribution >= 0.6 is 24.0 Å². The first-order valence-electron chi connectivity index (χ1n) is 8.00. The molecule has 2 aromatic carbocycles. The van der Waals surface area contributed by atoms with Gasteiger partial charge < -0.3 is 20.1 Å². The molecule has 0 heterocycles. The van der Waals surface area contributed by atoms with Crippen molar-refractivity contribution in [3.8, 4) is 11.5 Å². The van der Waals surface area contributed by atoms with Crippen molar-refractivity contribution in [2.45, 2.75) is 20.4 Å². The van der Waals surface area contributed by atoms with Crippen molar-refractivity contribution in [1.29, 1.82) is 0 Å². The number of benzene rings is 2. The van der Waals surface area contributed by atoms with Crippen molar-refractivity contribution in [3.63, 3.8) is 0 Å². The van der Waals surface area contributed by atoms with E-state index >= 15 is 0 Å². The highest BCUT2D eigenvalue weighted by Gasteiger charge is 2.07. The number of methoxy groups -OCH3 is 1. The zero-order valence-electron chi connectivity index (χ0n) is 15.1. The van der Waals surface area contributed by atoms with Gasteiger partial charge in [-0.15, -0.1) is 24.0 Å². The molecule has 6 heteroatoms. The molecule has 0 amide bonds. The Morgan fingerprint density at radius 3 is 2.56 bits per heavy atom. The Kier molecular flexibility index (Phi) is 9.12. The van der Waals surface area contributed by atoms with Crippen molar-refractivity contribution in [2.75, 3.05) is 26.1 Å². The van der Waals surface area contributed by atoms with Gasteiger partial charge in [0.25, 0.3) is 0 Å². The SMILES string of the molecule is CCOc1ccc(NC(=NC)NCc2cccc(C)c2)cc1OC.I. The van der Waals surface area contributed by atoms with Crippen molar-refractivity contribution in [3.05, 3.63) is 53.6 Å². The van der Waals surface area contributed by atoms with E-state index in [9.17, 15) is 0 Å². The molecule has 0 aromatic heterocycles. The molecular formula is C19H26IN3O2. The van der Waals surface area contributed by atoms with Gasteiger partial charge in [0.1, 0.15) is 0 Å². The number of nitrogens with one attached hydrogen (secondary N) is 2. The maximum atomic E-state index is 5.53. The van der Waals surface area contributed by atoms with E-state index in [-0.39, 0.29) is 24.0 Å². The van der Waals surface area contributed by atoms with Gasteiger partial charge in [0.05, 0.1) is 13.7 Å². The van der Waals surface area contributed by atoms with E-state index in [1.165, 1.54) is 11.1 Å². The molecule has 2 rings (SSSR count). The number of nitrogens with zero attached hydrogens (tertiary/aromatic N) is 1. The number of aliphatic imine (C=N–C) groups is 1. The lowest BCUT2D eigenvalue weighted by atomic mass is 10.1. The van der Waals surface area contributed by atoms with E-state index in [0.29, 0.717) is 24.9 Å². The van der Waals surface area contributed by atoms with E-state index in [1.54, 1.807) is 14.2 Å². The van der Waals surface area contributed by atoms with Crippen molar-refractivity contribution >= 4 is 35.6 Å². The van der Waals surface area contributed by atoms with Crippen LogP contribution in [-0.2, 0) is 6.54 Å². The molecule has 2 aromatic rings. The van der Waals surface area contributed by atoms with Gasteiger partial charge in [0.15, 0.2) is 17.5 Å². The van der Waals surface area contributed by atoms with Gasteiger partial charge in [-0.1, -0.05) is 29.8 Å². The fourth-order valence-electron chi connectivity index (χ4n) is 2.34. The topological polar surface area (TPSA) is 54.9 Å². The van der Waals surface area contributed by atoms with Gasteiger partial charge in [-0.2, -0.15) is 0 Å². The van der Waals surface area contributed by atoms with E-state index in [2.05, 4.69) is 46.8 Å². The molecule has 0 saturated heterocycles. The number of rotatable bonds is 6. The molecule has 0 aliphatic carbocycles.